The third-order valence-electron chi connectivity index (χ3n) is 4.82. The average Bonchev–Trinajstić information content (AvgIpc) is 3.03. The summed E-state index contributed by atoms with van der Waals surface area (Å²) in [6.45, 7) is 10.8. The second-order valence-corrected chi connectivity index (χ2v) is 7.02. The first kappa shape index (κ1) is 13.4. The van der Waals surface area contributed by atoms with Gasteiger partial charge in [-0.15, -0.1) is 0 Å². The van der Waals surface area contributed by atoms with Crippen LogP contribution < -0.4 is 5.73 Å². The van der Waals surface area contributed by atoms with Gasteiger partial charge in [0.05, 0.1) is 0 Å². The molecule has 2 N–H and O–H groups in total. The van der Waals surface area contributed by atoms with E-state index >= 15 is 0 Å². The Hall–Kier alpha value is -0.0800. The van der Waals surface area contributed by atoms with Crippen LogP contribution in [-0.4, -0.2) is 30.6 Å². The van der Waals surface area contributed by atoms with Crippen molar-refractivity contribution in [3.05, 3.63) is 0 Å². The molecule has 17 heavy (non-hydrogen) atoms. The molecule has 2 atom stereocenters. The summed E-state index contributed by atoms with van der Waals surface area (Å²) in [5.41, 5.74) is 6.78. The van der Waals surface area contributed by atoms with E-state index in [0.717, 1.165) is 11.8 Å². The standard InChI is InChI=1S/C15H30N2/c1-4-9-17(10-12-5-6-12)11-13-7-8-15(2,3)14(13)16/h12-14H,4-11,16H2,1-3H3. The largest absolute Gasteiger partial charge is 0.327 e. The third-order valence-corrected chi connectivity index (χ3v) is 4.82. The van der Waals surface area contributed by atoms with Gasteiger partial charge in [0, 0.05) is 19.1 Å². The molecule has 100 valence electrons. The topological polar surface area (TPSA) is 29.3 Å². The molecule has 0 saturated heterocycles. The molecular weight excluding hydrogens is 208 g/mol. The lowest BCUT2D eigenvalue weighted by Crippen LogP contribution is -2.42. The first-order valence-electron chi connectivity index (χ1n) is 7.51. The van der Waals surface area contributed by atoms with E-state index in [9.17, 15) is 0 Å². The second-order valence-electron chi connectivity index (χ2n) is 7.02. The molecule has 0 aromatic rings. The number of hydrogen-bond acceptors (Lipinski definition) is 2. The van der Waals surface area contributed by atoms with E-state index in [4.69, 9.17) is 5.73 Å². The Morgan fingerprint density at radius 3 is 2.35 bits per heavy atom. The molecule has 0 aromatic carbocycles. The number of nitrogens with zero attached hydrogens (tertiary/aromatic N) is 1. The quantitative estimate of drug-likeness (QED) is 0.771. The van der Waals surface area contributed by atoms with Crippen LogP contribution in [0.4, 0.5) is 0 Å². The molecule has 0 aromatic heterocycles. The molecule has 0 heterocycles. The van der Waals surface area contributed by atoms with Crippen LogP contribution in [-0.2, 0) is 0 Å². The van der Waals surface area contributed by atoms with E-state index in [1.807, 2.05) is 0 Å². The van der Waals surface area contributed by atoms with E-state index in [1.54, 1.807) is 0 Å². The second kappa shape index (κ2) is 5.27. The molecule has 0 spiro atoms. The molecule has 2 aliphatic rings. The summed E-state index contributed by atoms with van der Waals surface area (Å²) in [5.74, 6) is 1.74. The van der Waals surface area contributed by atoms with Gasteiger partial charge in [0.1, 0.15) is 0 Å². The minimum Gasteiger partial charge on any atom is -0.327 e. The molecule has 0 bridgehead atoms. The van der Waals surface area contributed by atoms with Crippen molar-refractivity contribution < 1.29 is 0 Å². The van der Waals surface area contributed by atoms with Crippen LogP contribution in [0.2, 0.25) is 0 Å². The van der Waals surface area contributed by atoms with Crippen molar-refractivity contribution in [2.45, 2.75) is 58.9 Å². The summed E-state index contributed by atoms with van der Waals surface area (Å²) in [4.78, 5) is 2.68. The maximum Gasteiger partial charge on any atom is 0.0131 e. The summed E-state index contributed by atoms with van der Waals surface area (Å²) >= 11 is 0. The lowest BCUT2D eigenvalue weighted by molar-refractivity contribution is 0.198. The molecule has 2 rings (SSSR count). The molecule has 2 unspecified atom stereocenters. The van der Waals surface area contributed by atoms with E-state index in [1.165, 1.54) is 51.7 Å². The van der Waals surface area contributed by atoms with Gasteiger partial charge in [0.15, 0.2) is 0 Å². The fourth-order valence-corrected chi connectivity index (χ4v) is 3.32. The number of rotatable bonds is 6. The fourth-order valence-electron chi connectivity index (χ4n) is 3.32. The van der Waals surface area contributed by atoms with Gasteiger partial charge in [0.2, 0.25) is 0 Å². The lowest BCUT2D eigenvalue weighted by Gasteiger charge is -2.31. The third kappa shape index (κ3) is 3.45. The Balaban J connectivity index is 1.84. The van der Waals surface area contributed by atoms with Crippen LogP contribution in [0.1, 0.15) is 52.9 Å². The molecule has 0 aliphatic heterocycles. The minimum atomic E-state index is 0.363. The summed E-state index contributed by atoms with van der Waals surface area (Å²) in [5, 5.41) is 0. The highest BCUT2D eigenvalue weighted by molar-refractivity contribution is 4.95. The van der Waals surface area contributed by atoms with E-state index < -0.39 is 0 Å². The number of nitrogens with two attached hydrogens (primary N) is 1. The molecule has 2 saturated carbocycles. The van der Waals surface area contributed by atoms with Crippen molar-refractivity contribution in [2.24, 2.45) is 23.0 Å². The van der Waals surface area contributed by atoms with Gasteiger partial charge in [0.25, 0.3) is 0 Å². The molecule has 2 heteroatoms. The predicted octanol–water partition coefficient (Wildman–Crippen LogP) is 2.87. The zero-order valence-corrected chi connectivity index (χ0v) is 11.9. The Bertz CT molecular complexity index is 245. The monoisotopic (exact) mass is 238 g/mol. The summed E-state index contributed by atoms with van der Waals surface area (Å²) < 4.78 is 0. The zero-order chi connectivity index (χ0) is 12.5. The van der Waals surface area contributed by atoms with Crippen LogP contribution in [0.25, 0.3) is 0 Å². The Morgan fingerprint density at radius 1 is 1.18 bits per heavy atom. The normalized spacial score (nSPS) is 32.3. The first-order valence-corrected chi connectivity index (χ1v) is 7.51. The van der Waals surface area contributed by atoms with Crippen LogP contribution in [0.5, 0.6) is 0 Å². The highest BCUT2D eigenvalue weighted by Crippen LogP contribution is 2.40. The molecular formula is C15H30N2. The van der Waals surface area contributed by atoms with E-state index in [2.05, 4.69) is 25.7 Å². The fraction of sp³-hybridized carbons (Fsp3) is 1.00. The summed E-state index contributed by atoms with van der Waals surface area (Å²) in [7, 11) is 0. The Labute approximate surface area is 107 Å². The van der Waals surface area contributed by atoms with Crippen LogP contribution in [0, 0.1) is 17.3 Å². The average molecular weight is 238 g/mol. The van der Waals surface area contributed by atoms with Crippen LogP contribution in [0.15, 0.2) is 0 Å². The first-order chi connectivity index (χ1) is 8.03. The van der Waals surface area contributed by atoms with Crippen molar-refractivity contribution in [2.75, 3.05) is 19.6 Å². The maximum atomic E-state index is 6.42. The molecule has 0 amide bonds. The molecule has 2 aliphatic carbocycles. The van der Waals surface area contributed by atoms with Crippen LogP contribution >= 0.6 is 0 Å². The Kier molecular flexibility index (Phi) is 4.14. The predicted molar refractivity (Wildman–Crippen MR) is 73.9 cm³/mol. The van der Waals surface area contributed by atoms with E-state index in [0.29, 0.717) is 11.5 Å². The van der Waals surface area contributed by atoms with Crippen molar-refractivity contribution >= 4 is 0 Å². The van der Waals surface area contributed by atoms with Crippen molar-refractivity contribution in [3.8, 4) is 0 Å². The molecule has 0 radical (unpaired) electrons. The molecule has 2 nitrogen and oxygen atoms in total. The number of hydrogen-bond donors (Lipinski definition) is 1. The van der Waals surface area contributed by atoms with Crippen molar-refractivity contribution in [3.63, 3.8) is 0 Å². The smallest absolute Gasteiger partial charge is 0.0131 e. The lowest BCUT2D eigenvalue weighted by atomic mass is 9.85. The van der Waals surface area contributed by atoms with Gasteiger partial charge in [-0.25, -0.2) is 0 Å². The molecule has 2 fully saturated rings. The maximum absolute atomic E-state index is 6.42. The summed E-state index contributed by atoms with van der Waals surface area (Å²) in [6.07, 6.45) is 6.84. The highest BCUT2D eigenvalue weighted by Gasteiger charge is 2.40. The van der Waals surface area contributed by atoms with Crippen molar-refractivity contribution in [1.82, 2.24) is 4.90 Å². The Morgan fingerprint density at radius 2 is 1.88 bits per heavy atom. The SMILES string of the molecule is CCCN(CC1CC1)CC1CCC(C)(C)C1N. The summed E-state index contributed by atoms with van der Waals surface area (Å²) in [6, 6.07) is 0.404. The van der Waals surface area contributed by atoms with Gasteiger partial charge >= 0.3 is 0 Å². The van der Waals surface area contributed by atoms with E-state index in [-0.39, 0.29) is 0 Å². The zero-order valence-electron chi connectivity index (χ0n) is 11.9. The van der Waals surface area contributed by atoms with Crippen LogP contribution in [0.3, 0.4) is 0 Å². The van der Waals surface area contributed by atoms with Gasteiger partial charge in [-0.2, -0.15) is 0 Å². The highest BCUT2D eigenvalue weighted by atomic mass is 15.1. The van der Waals surface area contributed by atoms with Gasteiger partial charge in [-0.1, -0.05) is 20.8 Å². The van der Waals surface area contributed by atoms with Gasteiger partial charge in [-0.05, 0) is 55.9 Å². The minimum absolute atomic E-state index is 0.363. The van der Waals surface area contributed by atoms with Gasteiger partial charge in [-0.3, -0.25) is 0 Å². The van der Waals surface area contributed by atoms with Crippen molar-refractivity contribution in [1.29, 1.82) is 0 Å². The van der Waals surface area contributed by atoms with Gasteiger partial charge < -0.3 is 10.6 Å².